The van der Waals surface area contributed by atoms with Crippen LogP contribution in [0.1, 0.15) is 30.4 Å². The zero-order valence-corrected chi connectivity index (χ0v) is 17.1. The Morgan fingerprint density at radius 3 is 2.52 bits per heavy atom. The Hall–Kier alpha value is -3.06. The van der Waals surface area contributed by atoms with E-state index in [2.05, 4.69) is 20.8 Å². The molecule has 2 aromatic carbocycles. The van der Waals surface area contributed by atoms with Crippen molar-refractivity contribution in [1.29, 1.82) is 0 Å². The first-order valence-electron chi connectivity index (χ1n) is 9.58. The summed E-state index contributed by atoms with van der Waals surface area (Å²) in [5.41, 5.74) is 3.29. The highest BCUT2D eigenvalue weighted by Gasteiger charge is 2.44. The molecule has 7 heteroatoms. The maximum Gasteiger partial charge on any atom is 0.248 e. The molecule has 0 bridgehead atoms. The largest absolute Gasteiger partial charge is 0.344 e. The van der Waals surface area contributed by atoms with E-state index in [1.165, 1.54) is 22.5 Å². The molecule has 4 rings (SSSR count). The topological polar surface area (TPSA) is 84.0 Å². The Balaban J connectivity index is 1.31. The highest BCUT2D eigenvalue weighted by Crippen LogP contribution is 2.47. The molecule has 1 aliphatic carbocycles. The predicted octanol–water partition coefficient (Wildman–Crippen LogP) is 3.76. The fourth-order valence-electron chi connectivity index (χ4n) is 3.24. The van der Waals surface area contributed by atoms with Crippen LogP contribution in [0.5, 0.6) is 0 Å². The minimum Gasteiger partial charge on any atom is -0.344 e. The zero-order valence-electron chi connectivity index (χ0n) is 16.3. The van der Waals surface area contributed by atoms with Crippen molar-refractivity contribution in [3.8, 4) is 10.6 Å². The SMILES string of the molecule is Cc1ccc(-c2nnc(NC(=O)[C@@H](C)NC(=O)[C@H]3C[C@H]3c3ccccc3)s2)cc1. The first-order valence-corrected chi connectivity index (χ1v) is 10.4. The van der Waals surface area contributed by atoms with Crippen molar-refractivity contribution in [1.82, 2.24) is 15.5 Å². The van der Waals surface area contributed by atoms with E-state index < -0.39 is 6.04 Å². The summed E-state index contributed by atoms with van der Waals surface area (Å²) in [6.45, 7) is 3.70. The van der Waals surface area contributed by atoms with Gasteiger partial charge in [-0.2, -0.15) is 0 Å². The van der Waals surface area contributed by atoms with E-state index in [1.807, 2.05) is 61.5 Å². The normalized spacial score (nSPS) is 18.7. The number of carbonyl (C=O) groups excluding carboxylic acids is 2. The van der Waals surface area contributed by atoms with Crippen molar-refractivity contribution in [2.45, 2.75) is 32.2 Å². The molecule has 148 valence electrons. The van der Waals surface area contributed by atoms with Gasteiger partial charge in [-0.1, -0.05) is 71.5 Å². The van der Waals surface area contributed by atoms with Crippen molar-refractivity contribution in [3.63, 3.8) is 0 Å². The molecule has 6 nitrogen and oxygen atoms in total. The molecule has 3 atom stereocenters. The number of aryl methyl sites for hydroxylation is 1. The summed E-state index contributed by atoms with van der Waals surface area (Å²) in [7, 11) is 0. The molecule has 2 N–H and O–H groups in total. The van der Waals surface area contributed by atoms with Crippen molar-refractivity contribution < 1.29 is 9.59 Å². The molecule has 0 spiro atoms. The lowest BCUT2D eigenvalue weighted by atomic mass is 10.1. The average molecular weight is 407 g/mol. The third kappa shape index (κ3) is 4.51. The van der Waals surface area contributed by atoms with E-state index >= 15 is 0 Å². The second kappa shape index (κ2) is 8.13. The monoisotopic (exact) mass is 406 g/mol. The van der Waals surface area contributed by atoms with Crippen molar-refractivity contribution in [2.75, 3.05) is 5.32 Å². The molecule has 2 amide bonds. The molecule has 1 aliphatic rings. The van der Waals surface area contributed by atoms with Gasteiger partial charge in [0.05, 0.1) is 0 Å². The number of aromatic nitrogens is 2. The third-order valence-corrected chi connectivity index (χ3v) is 5.95. The van der Waals surface area contributed by atoms with E-state index in [0.717, 1.165) is 17.0 Å². The molecular weight excluding hydrogens is 384 g/mol. The number of rotatable bonds is 6. The van der Waals surface area contributed by atoms with Gasteiger partial charge >= 0.3 is 0 Å². The van der Waals surface area contributed by atoms with Gasteiger partial charge in [-0.15, -0.1) is 10.2 Å². The van der Waals surface area contributed by atoms with Crippen LogP contribution in [0.4, 0.5) is 5.13 Å². The number of nitrogens with one attached hydrogen (secondary N) is 2. The number of hydrogen-bond donors (Lipinski definition) is 2. The van der Waals surface area contributed by atoms with Gasteiger partial charge in [-0.05, 0) is 31.7 Å². The number of carbonyl (C=O) groups is 2. The first-order chi connectivity index (χ1) is 14.0. The summed E-state index contributed by atoms with van der Waals surface area (Å²) < 4.78 is 0. The summed E-state index contributed by atoms with van der Waals surface area (Å²) in [6, 6.07) is 17.3. The lowest BCUT2D eigenvalue weighted by molar-refractivity contribution is -0.127. The average Bonchev–Trinajstić information content (AvgIpc) is 3.41. The number of anilines is 1. The maximum atomic E-state index is 12.5. The molecule has 1 fully saturated rings. The van der Waals surface area contributed by atoms with Crippen LogP contribution in [0.2, 0.25) is 0 Å². The van der Waals surface area contributed by atoms with Gasteiger partial charge in [-0.3, -0.25) is 14.9 Å². The van der Waals surface area contributed by atoms with E-state index in [0.29, 0.717) is 5.13 Å². The zero-order chi connectivity index (χ0) is 20.4. The fraction of sp³-hybridized carbons (Fsp3) is 0.273. The number of amides is 2. The number of hydrogen-bond acceptors (Lipinski definition) is 5. The number of benzene rings is 2. The number of nitrogens with zero attached hydrogens (tertiary/aromatic N) is 2. The first kappa shape index (κ1) is 19.3. The van der Waals surface area contributed by atoms with Gasteiger partial charge in [0.15, 0.2) is 0 Å². The van der Waals surface area contributed by atoms with E-state index in [1.54, 1.807) is 6.92 Å². The quantitative estimate of drug-likeness (QED) is 0.653. The second-order valence-electron chi connectivity index (χ2n) is 7.36. The molecule has 0 saturated heterocycles. The van der Waals surface area contributed by atoms with Crippen LogP contribution in [0.15, 0.2) is 54.6 Å². The van der Waals surface area contributed by atoms with Crippen LogP contribution in [-0.2, 0) is 9.59 Å². The van der Waals surface area contributed by atoms with Crippen LogP contribution < -0.4 is 10.6 Å². The van der Waals surface area contributed by atoms with Crippen LogP contribution >= 0.6 is 11.3 Å². The summed E-state index contributed by atoms with van der Waals surface area (Å²) in [5, 5.41) is 14.9. The predicted molar refractivity (Wildman–Crippen MR) is 114 cm³/mol. The lowest BCUT2D eigenvalue weighted by Crippen LogP contribution is -2.42. The molecule has 0 radical (unpaired) electrons. The Morgan fingerprint density at radius 2 is 1.79 bits per heavy atom. The molecule has 1 heterocycles. The van der Waals surface area contributed by atoms with Crippen molar-refractivity contribution in [2.24, 2.45) is 5.92 Å². The standard InChI is InChI=1S/C22H22N4O2S/c1-13-8-10-16(11-9-13)21-25-26-22(29-21)24-19(27)14(2)23-20(28)18-12-17(18)15-6-4-3-5-7-15/h3-11,14,17-18H,12H2,1-2H3,(H,23,28)(H,24,26,27)/t14-,17+,18+/m1/s1. The molecule has 29 heavy (non-hydrogen) atoms. The minimum atomic E-state index is -0.647. The van der Waals surface area contributed by atoms with Crippen LogP contribution in [0.3, 0.4) is 0 Å². The molecule has 0 aliphatic heterocycles. The van der Waals surface area contributed by atoms with Gasteiger partial charge in [0.1, 0.15) is 11.0 Å². The minimum absolute atomic E-state index is 0.0673. The smallest absolute Gasteiger partial charge is 0.248 e. The van der Waals surface area contributed by atoms with Gasteiger partial charge in [-0.25, -0.2) is 0 Å². The molecule has 3 aromatic rings. The van der Waals surface area contributed by atoms with Crippen molar-refractivity contribution in [3.05, 3.63) is 65.7 Å². The van der Waals surface area contributed by atoms with Crippen molar-refractivity contribution >= 4 is 28.3 Å². The summed E-state index contributed by atoms with van der Waals surface area (Å²) in [5.74, 6) is -0.213. The summed E-state index contributed by atoms with van der Waals surface area (Å²) in [4.78, 5) is 24.9. The Kier molecular flexibility index (Phi) is 5.40. The van der Waals surface area contributed by atoms with Crippen LogP contribution in [0, 0.1) is 12.8 Å². The lowest BCUT2D eigenvalue weighted by Gasteiger charge is -2.12. The third-order valence-electron chi connectivity index (χ3n) is 5.06. The van der Waals surface area contributed by atoms with Gasteiger partial charge in [0, 0.05) is 11.5 Å². The molecule has 1 saturated carbocycles. The highest BCUT2D eigenvalue weighted by atomic mass is 32.1. The summed E-state index contributed by atoms with van der Waals surface area (Å²) >= 11 is 1.31. The summed E-state index contributed by atoms with van der Waals surface area (Å²) in [6.07, 6.45) is 0.820. The highest BCUT2D eigenvalue weighted by molar-refractivity contribution is 7.18. The van der Waals surface area contributed by atoms with E-state index in [4.69, 9.17) is 0 Å². The van der Waals surface area contributed by atoms with E-state index in [9.17, 15) is 9.59 Å². The van der Waals surface area contributed by atoms with Gasteiger partial charge in [0.2, 0.25) is 16.9 Å². The Bertz CT molecular complexity index is 1020. The fourth-order valence-corrected chi connectivity index (χ4v) is 3.99. The maximum absolute atomic E-state index is 12.5. The molecule has 0 unspecified atom stereocenters. The van der Waals surface area contributed by atoms with Gasteiger partial charge < -0.3 is 5.32 Å². The Morgan fingerprint density at radius 1 is 1.07 bits per heavy atom. The molecule has 1 aromatic heterocycles. The second-order valence-corrected chi connectivity index (χ2v) is 8.33. The van der Waals surface area contributed by atoms with Gasteiger partial charge in [0.25, 0.3) is 0 Å². The van der Waals surface area contributed by atoms with Crippen LogP contribution in [0.25, 0.3) is 10.6 Å². The molecular formula is C22H22N4O2S. The Labute approximate surface area is 173 Å². The van der Waals surface area contributed by atoms with E-state index in [-0.39, 0.29) is 23.7 Å². The van der Waals surface area contributed by atoms with Crippen LogP contribution in [-0.4, -0.2) is 28.1 Å².